The van der Waals surface area contributed by atoms with Crippen LogP contribution in [0.15, 0.2) is 10.7 Å². The molecule has 1 atom stereocenters. The molecule has 0 radical (unpaired) electrons. The van der Waals surface area contributed by atoms with Gasteiger partial charge in [0.1, 0.15) is 5.82 Å². The van der Waals surface area contributed by atoms with Crippen molar-refractivity contribution >= 4 is 27.7 Å². The van der Waals surface area contributed by atoms with E-state index in [-0.39, 0.29) is 0 Å². The molecule has 1 aliphatic rings. The highest BCUT2D eigenvalue weighted by Crippen LogP contribution is 2.29. The van der Waals surface area contributed by atoms with Crippen LogP contribution in [0.4, 0.5) is 11.8 Å². The predicted octanol–water partition coefficient (Wildman–Crippen LogP) is 3.44. The lowest BCUT2D eigenvalue weighted by Gasteiger charge is -2.35. The quantitative estimate of drug-likeness (QED) is 0.924. The van der Waals surface area contributed by atoms with E-state index in [0.717, 1.165) is 35.7 Å². The van der Waals surface area contributed by atoms with Crippen molar-refractivity contribution in [2.75, 3.05) is 23.3 Å². The number of halogens is 1. The molecule has 4 nitrogen and oxygen atoms in total. The summed E-state index contributed by atoms with van der Waals surface area (Å²) >= 11 is 3.57. The molecule has 1 fully saturated rings. The largest absolute Gasteiger partial charge is 0.354 e. The Morgan fingerprint density at radius 2 is 2.33 bits per heavy atom. The third kappa shape index (κ3) is 3.13. The molecule has 1 saturated heterocycles. The third-order valence-corrected chi connectivity index (χ3v) is 3.89. The number of hydrogen-bond acceptors (Lipinski definition) is 4. The first-order chi connectivity index (χ1) is 8.72. The predicted molar refractivity (Wildman–Crippen MR) is 79.2 cm³/mol. The van der Waals surface area contributed by atoms with Gasteiger partial charge in [-0.1, -0.05) is 6.92 Å². The Hall–Kier alpha value is -0.840. The number of nitrogens with one attached hydrogen (secondary N) is 1. The van der Waals surface area contributed by atoms with Crippen LogP contribution < -0.4 is 10.2 Å². The molecule has 0 spiro atoms. The highest BCUT2D eigenvalue weighted by molar-refractivity contribution is 9.10. The normalized spacial score (nSPS) is 19.9. The molecule has 0 aliphatic carbocycles. The number of anilines is 2. The number of hydrogen-bond donors (Lipinski definition) is 1. The zero-order chi connectivity index (χ0) is 13.0. The Balaban J connectivity index is 2.19. The van der Waals surface area contributed by atoms with Crippen molar-refractivity contribution in [3.8, 4) is 0 Å². The van der Waals surface area contributed by atoms with Gasteiger partial charge in [0.2, 0.25) is 5.95 Å². The number of aromatic nitrogens is 2. The van der Waals surface area contributed by atoms with Crippen LogP contribution in [0.25, 0.3) is 0 Å². The van der Waals surface area contributed by atoms with E-state index >= 15 is 0 Å². The lowest BCUT2D eigenvalue weighted by Crippen LogP contribution is -2.38. The summed E-state index contributed by atoms with van der Waals surface area (Å²) in [6, 6.07) is 0.559. The zero-order valence-electron chi connectivity index (χ0n) is 11.1. The monoisotopic (exact) mass is 312 g/mol. The van der Waals surface area contributed by atoms with Crippen LogP contribution in [0.1, 0.15) is 39.5 Å². The van der Waals surface area contributed by atoms with E-state index in [9.17, 15) is 0 Å². The fraction of sp³-hybridized carbons (Fsp3) is 0.692. The Bertz CT molecular complexity index is 397. The molecule has 5 heteroatoms. The minimum absolute atomic E-state index is 0.559. The van der Waals surface area contributed by atoms with Gasteiger partial charge >= 0.3 is 0 Å². The van der Waals surface area contributed by atoms with Crippen molar-refractivity contribution < 1.29 is 0 Å². The first kappa shape index (κ1) is 13.6. The zero-order valence-corrected chi connectivity index (χ0v) is 12.7. The average molecular weight is 313 g/mol. The minimum atomic E-state index is 0.559. The summed E-state index contributed by atoms with van der Waals surface area (Å²) in [7, 11) is 0. The Morgan fingerprint density at radius 1 is 1.50 bits per heavy atom. The van der Waals surface area contributed by atoms with E-state index in [2.05, 4.69) is 50.0 Å². The molecule has 1 aromatic rings. The minimum Gasteiger partial charge on any atom is -0.354 e. The fourth-order valence-corrected chi connectivity index (χ4v) is 2.71. The molecule has 0 aromatic carbocycles. The molecule has 0 saturated carbocycles. The number of piperidine rings is 1. The van der Waals surface area contributed by atoms with Gasteiger partial charge in [0.25, 0.3) is 0 Å². The molecule has 1 aromatic heterocycles. The number of rotatable bonds is 4. The summed E-state index contributed by atoms with van der Waals surface area (Å²) in [5, 5.41) is 3.25. The molecule has 100 valence electrons. The van der Waals surface area contributed by atoms with E-state index in [1.54, 1.807) is 0 Å². The first-order valence-corrected chi connectivity index (χ1v) is 7.54. The Kier molecular flexibility index (Phi) is 4.80. The van der Waals surface area contributed by atoms with E-state index in [4.69, 9.17) is 0 Å². The van der Waals surface area contributed by atoms with Crippen molar-refractivity contribution in [1.29, 1.82) is 0 Å². The fourth-order valence-electron chi connectivity index (χ4n) is 2.29. The van der Waals surface area contributed by atoms with Crippen LogP contribution in [0.2, 0.25) is 0 Å². The molecular weight excluding hydrogens is 292 g/mol. The second kappa shape index (κ2) is 6.36. The van der Waals surface area contributed by atoms with Crippen LogP contribution in [-0.4, -0.2) is 29.1 Å². The highest BCUT2D eigenvalue weighted by atomic mass is 79.9. The molecule has 18 heavy (non-hydrogen) atoms. The van der Waals surface area contributed by atoms with Crippen LogP contribution in [0.5, 0.6) is 0 Å². The summed E-state index contributed by atoms with van der Waals surface area (Å²) in [5.41, 5.74) is 0. The van der Waals surface area contributed by atoms with Crippen molar-refractivity contribution in [3.05, 3.63) is 10.7 Å². The van der Waals surface area contributed by atoms with Crippen LogP contribution >= 0.6 is 15.9 Å². The van der Waals surface area contributed by atoms with E-state index in [1.807, 2.05) is 6.20 Å². The summed E-state index contributed by atoms with van der Waals surface area (Å²) in [4.78, 5) is 11.3. The maximum absolute atomic E-state index is 4.64. The Morgan fingerprint density at radius 3 is 3.06 bits per heavy atom. The maximum Gasteiger partial charge on any atom is 0.224 e. The molecule has 1 aliphatic heterocycles. The third-order valence-electron chi connectivity index (χ3n) is 3.33. The lowest BCUT2D eigenvalue weighted by molar-refractivity contribution is 0.480. The summed E-state index contributed by atoms with van der Waals surface area (Å²) in [5.74, 6) is 1.75. The molecule has 1 N–H and O–H groups in total. The van der Waals surface area contributed by atoms with Crippen LogP contribution in [0, 0.1) is 0 Å². The van der Waals surface area contributed by atoms with Crippen LogP contribution in [-0.2, 0) is 0 Å². The SMILES string of the molecule is CCCNc1ncc(Br)c(N2CCCCC2C)n1. The maximum atomic E-state index is 4.64. The summed E-state index contributed by atoms with van der Waals surface area (Å²) < 4.78 is 0.985. The smallest absolute Gasteiger partial charge is 0.224 e. The Labute approximate surface area is 117 Å². The highest BCUT2D eigenvalue weighted by Gasteiger charge is 2.22. The summed E-state index contributed by atoms with van der Waals surface area (Å²) in [6.45, 7) is 6.41. The van der Waals surface area contributed by atoms with E-state index < -0.39 is 0 Å². The average Bonchev–Trinajstić information content (AvgIpc) is 2.39. The van der Waals surface area contributed by atoms with Crippen LogP contribution in [0.3, 0.4) is 0 Å². The van der Waals surface area contributed by atoms with Gasteiger partial charge in [-0.15, -0.1) is 0 Å². The second-order valence-corrected chi connectivity index (χ2v) is 5.68. The molecule has 0 bridgehead atoms. The van der Waals surface area contributed by atoms with Gasteiger partial charge in [-0.2, -0.15) is 4.98 Å². The van der Waals surface area contributed by atoms with Crippen molar-refractivity contribution in [3.63, 3.8) is 0 Å². The van der Waals surface area contributed by atoms with E-state index in [0.29, 0.717) is 6.04 Å². The van der Waals surface area contributed by atoms with Gasteiger partial charge < -0.3 is 10.2 Å². The van der Waals surface area contributed by atoms with Crippen molar-refractivity contribution in [1.82, 2.24) is 9.97 Å². The van der Waals surface area contributed by atoms with E-state index in [1.165, 1.54) is 19.3 Å². The lowest BCUT2D eigenvalue weighted by atomic mass is 10.0. The topological polar surface area (TPSA) is 41.1 Å². The van der Waals surface area contributed by atoms with Crippen molar-refractivity contribution in [2.24, 2.45) is 0 Å². The number of nitrogens with zero attached hydrogens (tertiary/aromatic N) is 3. The van der Waals surface area contributed by atoms with Gasteiger partial charge in [-0.3, -0.25) is 0 Å². The molecular formula is C13H21BrN4. The van der Waals surface area contributed by atoms with Gasteiger partial charge in [0.05, 0.1) is 4.47 Å². The standard InChI is InChI=1S/C13H21BrN4/c1-3-7-15-13-16-9-11(14)12(17-13)18-8-5-4-6-10(18)2/h9-10H,3-8H2,1-2H3,(H,15,16,17). The molecule has 1 unspecified atom stereocenters. The summed E-state index contributed by atoms with van der Waals surface area (Å²) in [6.07, 6.45) is 6.74. The molecule has 2 heterocycles. The van der Waals surface area contributed by atoms with Gasteiger partial charge in [-0.05, 0) is 48.5 Å². The first-order valence-electron chi connectivity index (χ1n) is 6.75. The van der Waals surface area contributed by atoms with Gasteiger partial charge in [-0.25, -0.2) is 4.98 Å². The van der Waals surface area contributed by atoms with Crippen molar-refractivity contribution in [2.45, 2.75) is 45.6 Å². The van der Waals surface area contributed by atoms with Gasteiger partial charge in [0.15, 0.2) is 0 Å². The second-order valence-electron chi connectivity index (χ2n) is 4.83. The molecule has 2 rings (SSSR count). The van der Waals surface area contributed by atoms with Gasteiger partial charge in [0, 0.05) is 25.3 Å². The molecule has 0 amide bonds.